The molecule has 5 heteroatoms. The van der Waals surface area contributed by atoms with Gasteiger partial charge in [0, 0.05) is 10.7 Å². The SMILES string of the molecule is Brc1ccc(/C=C/C=NNc2nc3ccccc3s2)cc1. The van der Waals surface area contributed by atoms with Crippen molar-refractivity contribution in [2.75, 3.05) is 5.43 Å². The van der Waals surface area contributed by atoms with Gasteiger partial charge in [-0.2, -0.15) is 5.10 Å². The monoisotopic (exact) mass is 357 g/mol. The van der Waals surface area contributed by atoms with Crippen LogP contribution in [-0.4, -0.2) is 11.2 Å². The van der Waals surface area contributed by atoms with E-state index in [2.05, 4.69) is 37.5 Å². The second kappa shape index (κ2) is 6.65. The van der Waals surface area contributed by atoms with Crippen LogP contribution in [-0.2, 0) is 0 Å². The molecular weight excluding hydrogens is 346 g/mol. The van der Waals surface area contributed by atoms with Crippen LogP contribution in [0.2, 0.25) is 0 Å². The zero-order chi connectivity index (χ0) is 14.5. The lowest BCUT2D eigenvalue weighted by molar-refractivity contribution is 1.31. The quantitative estimate of drug-likeness (QED) is 0.516. The van der Waals surface area contributed by atoms with Gasteiger partial charge < -0.3 is 0 Å². The number of aromatic nitrogens is 1. The summed E-state index contributed by atoms with van der Waals surface area (Å²) in [7, 11) is 0. The number of para-hydroxylation sites is 1. The Labute approximate surface area is 135 Å². The topological polar surface area (TPSA) is 37.3 Å². The molecule has 1 aromatic heterocycles. The molecule has 104 valence electrons. The maximum absolute atomic E-state index is 4.44. The minimum Gasteiger partial charge on any atom is -0.253 e. The molecule has 0 aliphatic rings. The third-order valence-corrected chi connectivity index (χ3v) is 4.24. The van der Waals surface area contributed by atoms with Crippen LogP contribution in [0.3, 0.4) is 0 Å². The van der Waals surface area contributed by atoms with Gasteiger partial charge in [-0.1, -0.05) is 57.6 Å². The van der Waals surface area contributed by atoms with Crippen molar-refractivity contribution in [2.45, 2.75) is 0 Å². The lowest BCUT2D eigenvalue weighted by Gasteiger charge is -1.92. The molecule has 0 fully saturated rings. The number of hydrogen-bond acceptors (Lipinski definition) is 4. The zero-order valence-corrected chi connectivity index (χ0v) is 13.4. The highest BCUT2D eigenvalue weighted by Gasteiger charge is 2.00. The first-order valence-electron chi connectivity index (χ1n) is 6.38. The Hall–Kier alpha value is -1.98. The van der Waals surface area contributed by atoms with Gasteiger partial charge in [0.15, 0.2) is 0 Å². The fourth-order valence-electron chi connectivity index (χ4n) is 1.78. The van der Waals surface area contributed by atoms with Gasteiger partial charge in [0.05, 0.1) is 10.2 Å². The van der Waals surface area contributed by atoms with Crippen LogP contribution in [0.1, 0.15) is 5.56 Å². The standard InChI is InChI=1S/C16H12BrN3S/c17-13-9-7-12(8-10-13)4-3-11-18-20-16-19-14-5-1-2-6-15(14)21-16/h1-11H,(H,19,20)/b4-3+,18-11?. The van der Waals surface area contributed by atoms with E-state index >= 15 is 0 Å². The predicted octanol–water partition coefficient (Wildman–Crippen LogP) is 5.17. The smallest absolute Gasteiger partial charge is 0.204 e. The molecule has 3 rings (SSSR count). The summed E-state index contributed by atoms with van der Waals surface area (Å²) in [5.74, 6) is 0. The van der Waals surface area contributed by atoms with E-state index in [1.165, 1.54) is 0 Å². The van der Waals surface area contributed by atoms with Crippen molar-refractivity contribution in [3.8, 4) is 0 Å². The van der Waals surface area contributed by atoms with Gasteiger partial charge in [-0.25, -0.2) is 4.98 Å². The number of benzene rings is 2. The molecule has 1 N–H and O–H groups in total. The molecule has 0 saturated carbocycles. The van der Waals surface area contributed by atoms with Gasteiger partial charge >= 0.3 is 0 Å². The molecule has 0 saturated heterocycles. The maximum atomic E-state index is 4.44. The van der Waals surface area contributed by atoms with E-state index in [1.54, 1.807) is 17.6 Å². The molecule has 3 aromatic rings. The molecule has 0 radical (unpaired) electrons. The molecule has 1 heterocycles. The van der Waals surface area contributed by atoms with E-state index in [9.17, 15) is 0 Å². The molecule has 0 aliphatic heterocycles. The van der Waals surface area contributed by atoms with Crippen LogP contribution in [0.15, 0.2) is 64.2 Å². The summed E-state index contributed by atoms with van der Waals surface area (Å²) in [6, 6.07) is 16.1. The third-order valence-electron chi connectivity index (χ3n) is 2.77. The third kappa shape index (κ3) is 3.77. The highest BCUT2D eigenvalue weighted by Crippen LogP contribution is 2.25. The normalized spacial score (nSPS) is 11.7. The summed E-state index contributed by atoms with van der Waals surface area (Å²) in [6.45, 7) is 0. The Balaban J connectivity index is 1.60. The van der Waals surface area contributed by atoms with Gasteiger partial charge in [-0.15, -0.1) is 0 Å². The highest BCUT2D eigenvalue weighted by atomic mass is 79.9. The van der Waals surface area contributed by atoms with Gasteiger partial charge in [0.2, 0.25) is 5.13 Å². The Morgan fingerprint density at radius 2 is 1.90 bits per heavy atom. The molecule has 0 amide bonds. The minimum atomic E-state index is 0.796. The van der Waals surface area contributed by atoms with Gasteiger partial charge in [-0.3, -0.25) is 5.43 Å². The highest BCUT2D eigenvalue weighted by molar-refractivity contribution is 9.10. The Morgan fingerprint density at radius 3 is 2.71 bits per heavy atom. The number of rotatable bonds is 4. The first-order valence-corrected chi connectivity index (χ1v) is 7.99. The Bertz CT molecular complexity index is 758. The lowest BCUT2D eigenvalue weighted by Crippen LogP contribution is -1.86. The van der Waals surface area contributed by atoms with Gasteiger partial charge in [0.25, 0.3) is 0 Å². The molecule has 3 nitrogen and oxygen atoms in total. The number of nitrogens with one attached hydrogen (secondary N) is 1. The summed E-state index contributed by atoms with van der Waals surface area (Å²) >= 11 is 5.00. The van der Waals surface area contributed by atoms with E-state index in [-0.39, 0.29) is 0 Å². The van der Waals surface area contributed by atoms with Crippen molar-refractivity contribution < 1.29 is 0 Å². The van der Waals surface area contributed by atoms with Crippen molar-refractivity contribution in [1.29, 1.82) is 0 Å². The summed E-state index contributed by atoms with van der Waals surface area (Å²) in [4.78, 5) is 4.44. The van der Waals surface area contributed by atoms with E-state index in [0.717, 1.165) is 25.4 Å². The number of anilines is 1. The van der Waals surface area contributed by atoms with Crippen LogP contribution in [0.25, 0.3) is 16.3 Å². The predicted molar refractivity (Wildman–Crippen MR) is 94.9 cm³/mol. The second-order valence-electron chi connectivity index (χ2n) is 4.29. The van der Waals surface area contributed by atoms with Crippen LogP contribution in [0.4, 0.5) is 5.13 Å². The van der Waals surface area contributed by atoms with Gasteiger partial charge in [0.1, 0.15) is 0 Å². The number of hydrogen-bond donors (Lipinski definition) is 1. The first-order chi connectivity index (χ1) is 10.3. The van der Waals surface area contributed by atoms with Crippen molar-refractivity contribution in [3.05, 3.63) is 64.6 Å². The number of thiazole rings is 1. The molecule has 0 atom stereocenters. The van der Waals surface area contributed by atoms with E-state index < -0.39 is 0 Å². The Morgan fingerprint density at radius 1 is 1.10 bits per heavy atom. The van der Waals surface area contributed by atoms with Crippen molar-refractivity contribution in [3.63, 3.8) is 0 Å². The summed E-state index contributed by atoms with van der Waals surface area (Å²) in [6.07, 6.45) is 5.60. The molecule has 21 heavy (non-hydrogen) atoms. The fourth-order valence-corrected chi connectivity index (χ4v) is 2.86. The van der Waals surface area contributed by atoms with Crippen LogP contribution < -0.4 is 5.43 Å². The largest absolute Gasteiger partial charge is 0.253 e. The Kier molecular flexibility index (Phi) is 4.43. The number of nitrogens with zero attached hydrogens (tertiary/aromatic N) is 2. The van der Waals surface area contributed by atoms with E-state index in [0.29, 0.717) is 0 Å². The molecule has 0 spiro atoms. The zero-order valence-electron chi connectivity index (χ0n) is 11.0. The van der Waals surface area contributed by atoms with E-state index in [4.69, 9.17) is 0 Å². The fraction of sp³-hybridized carbons (Fsp3) is 0. The average molecular weight is 358 g/mol. The number of allylic oxidation sites excluding steroid dienone is 1. The van der Waals surface area contributed by atoms with Crippen LogP contribution in [0, 0.1) is 0 Å². The van der Waals surface area contributed by atoms with Crippen LogP contribution in [0.5, 0.6) is 0 Å². The molecule has 0 bridgehead atoms. The molecule has 0 unspecified atom stereocenters. The van der Waals surface area contributed by atoms with E-state index in [1.807, 2.05) is 54.6 Å². The molecule has 0 aliphatic carbocycles. The van der Waals surface area contributed by atoms with Crippen LogP contribution >= 0.6 is 27.3 Å². The summed E-state index contributed by atoms with van der Waals surface area (Å²) in [5, 5.41) is 4.94. The van der Waals surface area contributed by atoms with Crippen molar-refractivity contribution in [1.82, 2.24) is 4.98 Å². The number of fused-ring (bicyclic) bond motifs is 1. The summed E-state index contributed by atoms with van der Waals surface area (Å²) in [5.41, 5.74) is 5.07. The summed E-state index contributed by atoms with van der Waals surface area (Å²) < 4.78 is 2.23. The average Bonchev–Trinajstić information content (AvgIpc) is 2.91. The van der Waals surface area contributed by atoms with Crippen molar-refractivity contribution >= 4 is 54.9 Å². The minimum absolute atomic E-state index is 0.796. The molecule has 2 aromatic carbocycles. The lowest BCUT2D eigenvalue weighted by atomic mass is 10.2. The number of hydrazone groups is 1. The first kappa shape index (κ1) is 14.0. The number of halogens is 1. The van der Waals surface area contributed by atoms with Gasteiger partial charge in [-0.05, 0) is 35.9 Å². The maximum Gasteiger partial charge on any atom is 0.204 e. The second-order valence-corrected chi connectivity index (χ2v) is 6.23. The molecular formula is C16H12BrN3S. The van der Waals surface area contributed by atoms with Crippen molar-refractivity contribution in [2.24, 2.45) is 5.10 Å².